The van der Waals surface area contributed by atoms with Crippen LogP contribution < -0.4 is 5.32 Å². The molecule has 178 valence electrons. The third-order valence-corrected chi connectivity index (χ3v) is 7.27. The fraction of sp³-hybridized carbons (Fsp3) is 0.179. The van der Waals surface area contributed by atoms with Crippen molar-refractivity contribution in [2.45, 2.75) is 30.3 Å². The number of para-hydroxylation sites is 1. The summed E-state index contributed by atoms with van der Waals surface area (Å²) in [5.74, 6) is 1.15. The van der Waals surface area contributed by atoms with E-state index >= 15 is 0 Å². The van der Waals surface area contributed by atoms with Crippen LogP contribution >= 0.6 is 0 Å². The standard InChI is InChI=1S/C28H23FN6O/c29-20-9-7-17(8-10-20)26-32-27(35-34-26)24-14-22-21-5-1-2-6-23(21)31-25(22)28(33-24,19-11-13-36-16-19)18-4-3-12-30-15-18/h1-7,9-13,15-17,24,31,33H,8,14H2,(H,32,34,35)/t17?,24-,28?/m1/s1. The number of aromatic nitrogens is 5. The van der Waals surface area contributed by atoms with Crippen LogP contribution in [-0.4, -0.2) is 25.1 Å². The molecule has 0 amide bonds. The lowest BCUT2D eigenvalue weighted by molar-refractivity contribution is 0.347. The van der Waals surface area contributed by atoms with Gasteiger partial charge in [-0.25, -0.2) is 9.37 Å². The zero-order chi connectivity index (χ0) is 24.1. The van der Waals surface area contributed by atoms with E-state index in [9.17, 15) is 4.39 Å². The van der Waals surface area contributed by atoms with Gasteiger partial charge in [0.05, 0.1) is 18.6 Å². The minimum atomic E-state index is -0.754. The van der Waals surface area contributed by atoms with Crippen molar-refractivity contribution in [3.05, 3.63) is 125 Å². The third-order valence-electron chi connectivity index (χ3n) is 7.27. The van der Waals surface area contributed by atoms with Gasteiger partial charge in [-0.15, -0.1) is 0 Å². The quantitative estimate of drug-likeness (QED) is 0.324. The Labute approximate surface area is 206 Å². The number of aromatic amines is 2. The second kappa shape index (κ2) is 8.13. The molecule has 0 saturated carbocycles. The van der Waals surface area contributed by atoms with Gasteiger partial charge in [0.1, 0.15) is 17.2 Å². The van der Waals surface area contributed by atoms with Crippen molar-refractivity contribution in [3.8, 4) is 0 Å². The zero-order valence-corrected chi connectivity index (χ0v) is 19.3. The summed E-state index contributed by atoms with van der Waals surface area (Å²) in [5.41, 5.74) is 4.51. The van der Waals surface area contributed by atoms with Gasteiger partial charge in [-0.05, 0) is 48.8 Å². The first kappa shape index (κ1) is 21.0. The van der Waals surface area contributed by atoms with Gasteiger partial charge in [-0.3, -0.25) is 15.4 Å². The van der Waals surface area contributed by atoms with Crippen molar-refractivity contribution in [2.24, 2.45) is 0 Å². The van der Waals surface area contributed by atoms with Gasteiger partial charge in [0.25, 0.3) is 0 Å². The number of benzene rings is 1. The Morgan fingerprint density at radius 2 is 2.03 bits per heavy atom. The molecule has 36 heavy (non-hydrogen) atoms. The second-order valence-electron chi connectivity index (χ2n) is 9.30. The van der Waals surface area contributed by atoms with E-state index in [0.717, 1.165) is 28.2 Å². The molecule has 7 rings (SSSR count). The normalized spacial score (nSPS) is 23.5. The molecule has 2 unspecified atom stereocenters. The maximum absolute atomic E-state index is 13.5. The molecule has 5 aromatic rings. The average Bonchev–Trinajstić information content (AvgIpc) is 3.69. The molecule has 1 aromatic carbocycles. The van der Waals surface area contributed by atoms with E-state index in [2.05, 4.69) is 49.7 Å². The molecule has 3 atom stereocenters. The van der Waals surface area contributed by atoms with Crippen LogP contribution in [0.2, 0.25) is 0 Å². The first-order valence-corrected chi connectivity index (χ1v) is 12.0. The number of nitrogens with one attached hydrogen (secondary N) is 3. The average molecular weight is 479 g/mol. The Morgan fingerprint density at radius 3 is 2.83 bits per heavy atom. The predicted molar refractivity (Wildman–Crippen MR) is 133 cm³/mol. The summed E-state index contributed by atoms with van der Waals surface area (Å²) in [7, 11) is 0. The highest BCUT2D eigenvalue weighted by atomic mass is 19.1. The molecular weight excluding hydrogens is 455 g/mol. The molecule has 4 aromatic heterocycles. The van der Waals surface area contributed by atoms with Crippen LogP contribution in [0.4, 0.5) is 4.39 Å². The molecule has 0 saturated heterocycles. The first-order chi connectivity index (χ1) is 17.7. The van der Waals surface area contributed by atoms with E-state index in [4.69, 9.17) is 9.40 Å². The molecule has 5 heterocycles. The molecule has 0 bridgehead atoms. The predicted octanol–water partition coefficient (Wildman–Crippen LogP) is 5.35. The number of fused-ring (bicyclic) bond motifs is 3. The summed E-state index contributed by atoms with van der Waals surface area (Å²) >= 11 is 0. The SMILES string of the molecule is FC1=CCC(c2nc([C@H]3Cc4c([nH]c5ccccc45)C(c4cccnc4)(c4ccoc4)N3)n[nH]2)C=C1. The summed E-state index contributed by atoms with van der Waals surface area (Å²) < 4.78 is 19.1. The lowest BCUT2D eigenvalue weighted by atomic mass is 9.75. The molecule has 1 aliphatic heterocycles. The van der Waals surface area contributed by atoms with Crippen LogP contribution in [0, 0.1) is 0 Å². The van der Waals surface area contributed by atoms with E-state index in [1.54, 1.807) is 24.8 Å². The van der Waals surface area contributed by atoms with Gasteiger partial charge in [-0.1, -0.05) is 30.3 Å². The fourth-order valence-corrected chi connectivity index (χ4v) is 5.57. The molecule has 0 radical (unpaired) electrons. The lowest BCUT2D eigenvalue weighted by Crippen LogP contribution is -2.50. The van der Waals surface area contributed by atoms with E-state index in [1.165, 1.54) is 17.0 Å². The number of nitrogens with zero attached hydrogens (tertiary/aromatic N) is 3. The molecule has 1 aliphatic carbocycles. The molecule has 0 spiro atoms. The summed E-state index contributed by atoms with van der Waals surface area (Å²) in [6, 6.07) is 14.1. The number of pyridine rings is 1. The minimum Gasteiger partial charge on any atom is -0.472 e. The fourth-order valence-electron chi connectivity index (χ4n) is 5.57. The Balaban J connectivity index is 1.40. The van der Waals surface area contributed by atoms with Gasteiger partial charge < -0.3 is 9.40 Å². The summed E-state index contributed by atoms with van der Waals surface area (Å²) in [4.78, 5) is 13.0. The van der Waals surface area contributed by atoms with Gasteiger partial charge in [0, 0.05) is 46.0 Å². The molecule has 2 aliphatic rings. The molecule has 3 N–H and O–H groups in total. The summed E-state index contributed by atoms with van der Waals surface area (Å²) in [6.45, 7) is 0. The number of H-pyrrole nitrogens is 2. The molecular formula is C28H23FN6O. The number of rotatable bonds is 4. The Morgan fingerprint density at radius 1 is 1.08 bits per heavy atom. The first-order valence-electron chi connectivity index (χ1n) is 12.0. The maximum Gasteiger partial charge on any atom is 0.167 e. The van der Waals surface area contributed by atoms with Crippen molar-refractivity contribution in [1.29, 1.82) is 0 Å². The van der Waals surface area contributed by atoms with Crippen LogP contribution in [0.15, 0.2) is 95.9 Å². The zero-order valence-electron chi connectivity index (χ0n) is 19.3. The molecule has 8 heteroatoms. The van der Waals surface area contributed by atoms with Crippen molar-refractivity contribution < 1.29 is 8.81 Å². The third kappa shape index (κ3) is 3.18. The van der Waals surface area contributed by atoms with E-state index in [-0.39, 0.29) is 17.8 Å². The number of hydrogen-bond acceptors (Lipinski definition) is 5. The Hall–Kier alpha value is -4.30. The van der Waals surface area contributed by atoms with Crippen LogP contribution in [0.3, 0.4) is 0 Å². The van der Waals surface area contributed by atoms with Gasteiger partial charge in [-0.2, -0.15) is 5.10 Å². The van der Waals surface area contributed by atoms with E-state index in [0.29, 0.717) is 18.7 Å². The molecule has 0 fully saturated rings. The van der Waals surface area contributed by atoms with Crippen LogP contribution in [-0.2, 0) is 12.0 Å². The van der Waals surface area contributed by atoms with E-state index in [1.807, 2.05) is 30.5 Å². The summed E-state index contributed by atoms with van der Waals surface area (Å²) in [6.07, 6.45) is 13.3. The smallest absolute Gasteiger partial charge is 0.167 e. The monoisotopic (exact) mass is 478 g/mol. The van der Waals surface area contributed by atoms with Crippen LogP contribution in [0.1, 0.15) is 52.4 Å². The second-order valence-corrected chi connectivity index (χ2v) is 9.30. The summed E-state index contributed by atoms with van der Waals surface area (Å²) in [5, 5.41) is 12.8. The van der Waals surface area contributed by atoms with Crippen molar-refractivity contribution in [1.82, 2.24) is 30.5 Å². The van der Waals surface area contributed by atoms with Gasteiger partial charge in [0.15, 0.2) is 5.82 Å². The number of allylic oxidation sites excluding steroid dienone is 4. The highest BCUT2D eigenvalue weighted by Gasteiger charge is 2.47. The van der Waals surface area contributed by atoms with Gasteiger partial charge in [0.2, 0.25) is 0 Å². The van der Waals surface area contributed by atoms with Crippen molar-refractivity contribution >= 4 is 10.9 Å². The Kier molecular flexibility index (Phi) is 4.75. The number of halogens is 1. The van der Waals surface area contributed by atoms with Crippen molar-refractivity contribution in [2.75, 3.05) is 0 Å². The highest BCUT2D eigenvalue weighted by Crippen LogP contribution is 2.46. The molecule has 7 nitrogen and oxygen atoms in total. The van der Waals surface area contributed by atoms with E-state index < -0.39 is 5.54 Å². The van der Waals surface area contributed by atoms with Crippen molar-refractivity contribution in [3.63, 3.8) is 0 Å². The minimum absolute atomic E-state index is 0.0325. The highest BCUT2D eigenvalue weighted by molar-refractivity contribution is 5.86. The van der Waals surface area contributed by atoms with Crippen LogP contribution in [0.5, 0.6) is 0 Å². The number of hydrogen-bond donors (Lipinski definition) is 3. The lowest BCUT2D eigenvalue weighted by Gasteiger charge is -2.41. The van der Waals surface area contributed by atoms with Gasteiger partial charge >= 0.3 is 0 Å². The van der Waals surface area contributed by atoms with Crippen LogP contribution in [0.25, 0.3) is 10.9 Å². The Bertz CT molecular complexity index is 1600. The maximum atomic E-state index is 13.5. The number of furan rings is 1. The largest absolute Gasteiger partial charge is 0.472 e. The topological polar surface area (TPSA) is 95.4 Å².